The van der Waals surface area contributed by atoms with Crippen molar-refractivity contribution in [2.45, 2.75) is 25.8 Å². The Balaban J connectivity index is 1.69. The van der Waals surface area contributed by atoms with E-state index in [2.05, 4.69) is 5.16 Å². The summed E-state index contributed by atoms with van der Waals surface area (Å²) in [4.78, 5) is 26.4. The summed E-state index contributed by atoms with van der Waals surface area (Å²) in [5.41, 5.74) is 7.62. The number of nitrogens with zero attached hydrogens (tertiary/aromatic N) is 2. The zero-order chi connectivity index (χ0) is 19.0. The molecule has 1 aliphatic heterocycles. The number of benzene rings is 2. The van der Waals surface area contributed by atoms with Gasteiger partial charge in [-0.1, -0.05) is 35.5 Å². The fourth-order valence-electron chi connectivity index (χ4n) is 3.66. The minimum Gasteiger partial charge on any atom is -0.369 e. The smallest absolute Gasteiger partial charge is 0.254 e. The molecule has 0 aliphatic carbocycles. The fourth-order valence-corrected chi connectivity index (χ4v) is 3.66. The third-order valence-electron chi connectivity index (χ3n) is 5.30. The highest BCUT2D eigenvalue weighted by atomic mass is 16.5. The maximum atomic E-state index is 13.1. The van der Waals surface area contributed by atoms with Crippen molar-refractivity contribution >= 4 is 22.7 Å². The van der Waals surface area contributed by atoms with Crippen LogP contribution in [0.4, 0.5) is 0 Å². The number of carbonyl (C=O) groups excluding carboxylic acids is 2. The van der Waals surface area contributed by atoms with Crippen molar-refractivity contribution in [2.75, 3.05) is 6.54 Å². The highest BCUT2D eigenvalue weighted by Crippen LogP contribution is 2.30. The van der Waals surface area contributed by atoms with Crippen molar-refractivity contribution in [3.63, 3.8) is 0 Å². The molecule has 138 valence electrons. The van der Waals surface area contributed by atoms with Gasteiger partial charge >= 0.3 is 0 Å². The zero-order valence-corrected chi connectivity index (χ0v) is 15.1. The van der Waals surface area contributed by atoms with Crippen molar-refractivity contribution in [2.24, 2.45) is 11.7 Å². The Hall–Kier alpha value is -3.15. The monoisotopic (exact) mass is 363 g/mol. The molecule has 2 amide bonds. The quantitative estimate of drug-likeness (QED) is 0.774. The molecule has 0 unspecified atom stereocenters. The van der Waals surface area contributed by atoms with Crippen molar-refractivity contribution in [3.05, 3.63) is 54.1 Å². The molecule has 1 fully saturated rings. The summed E-state index contributed by atoms with van der Waals surface area (Å²) >= 11 is 0. The molecule has 0 saturated carbocycles. The van der Waals surface area contributed by atoms with Crippen LogP contribution in [0, 0.1) is 5.92 Å². The summed E-state index contributed by atoms with van der Waals surface area (Å²) < 4.78 is 5.51. The standard InChI is InChI=1S/C21H21N3O3/c1-13-7-8-16(20(22)25)12-24(13)21(26)15-9-10-18-17(11-15)19(27-23-18)14-5-3-2-4-6-14/h2-6,9-11,13,16H,7-8,12H2,1H3,(H2,22,25)/t13-,16+/m1/s1. The number of piperidine rings is 1. The van der Waals surface area contributed by atoms with E-state index >= 15 is 0 Å². The van der Waals surface area contributed by atoms with E-state index in [4.69, 9.17) is 10.3 Å². The molecule has 1 aromatic heterocycles. The number of likely N-dealkylation sites (tertiary alicyclic amines) is 1. The van der Waals surface area contributed by atoms with E-state index in [0.29, 0.717) is 23.4 Å². The molecule has 4 rings (SSSR count). The van der Waals surface area contributed by atoms with Crippen molar-refractivity contribution in [3.8, 4) is 11.3 Å². The minimum atomic E-state index is -0.347. The first-order valence-electron chi connectivity index (χ1n) is 9.09. The van der Waals surface area contributed by atoms with Crippen molar-refractivity contribution < 1.29 is 14.1 Å². The average Bonchev–Trinajstić information content (AvgIpc) is 3.11. The largest absolute Gasteiger partial charge is 0.369 e. The molecule has 27 heavy (non-hydrogen) atoms. The van der Waals surface area contributed by atoms with Gasteiger partial charge in [0.1, 0.15) is 5.52 Å². The van der Waals surface area contributed by atoms with Gasteiger partial charge in [0, 0.05) is 23.7 Å². The first kappa shape index (κ1) is 17.3. The van der Waals surface area contributed by atoms with Crippen LogP contribution in [0.15, 0.2) is 53.1 Å². The molecule has 3 aromatic rings. The molecule has 0 spiro atoms. The summed E-state index contributed by atoms with van der Waals surface area (Å²) in [7, 11) is 0. The van der Waals surface area contributed by atoms with Crippen LogP contribution in [0.3, 0.4) is 0 Å². The third kappa shape index (κ3) is 3.18. The summed E-state index contributed by atoms with van der Waals surface area (Å²) in [5.74, 6) is -0.0950. The first-order chi connectivity index (χ1) is 13.0. The van der Waals surface area contributed by atoms with Gasteiger partial charge in [0.15, 0.2) is 5.76 Å². The van der Waals surface area contributed by atoms with E-state index in [0.717, 1.165) is 23.8 Å². The Morgan fingerprint density at radius 2 is 1.93 bits per heavy atom. The SMILES string of the molecule is C[C@@H]1CC[C@H](C(N)=O)CN1C(=O)c1ccc2noc(-c3ccccc3)c2c1. The van der Waals surface area contributed by atoms with Crippen LogP contribution in [0.25, 0.3) is 22.2 Å². The summed E-state index contributed by atoms with van der Waals surface area (Å²) in [6.07, 6.45) is 1.49. The Labute approximate surface area is 156 Å². The maximum Gasteiger partial charge on any atom is 0.254 e. The highest BCUT2D eigenvalue weighted by molar-refractivity contribution is 6.01. The molecule has 0 radical (unpaired) electrons. The number of hydrogen-bond donors (Lipinski definition) is 1. The number of primary amides is 1. The second-order valence-electron chi connectivity index (χ2n) is 7.09. The van der Waals surface area contributed by atoms with Gasteiger partial charge < -0.3 is 15.2 Å². The molecule has 1 saturated heterocycles. The normalized spacial score (nSPS) is 20.0. The van der Waals surface area contributed by atoms with Crippen LogP contribution in [-0.2, 0) is 4.79 Å². The van der Waals surface area contributed by atoms with Crippen LogP contribution in [-0.4, -0.2) is 34.5 Å². The number of carbonyl (C=O) groups is 2. The van der Waals surface area contributed by atoms with Crippen molar-refractivity contribution in [1.29, 1.82) is 0 Å². The van der Waals surface area contributed by atoms with Gasteiger partial charge in [0.2, 0.25) is 5.91 Å². The number of nitrogens with two attached hydrogens (primary N) is 1. The maximum absolute atomic E-state index is 13.1. The number of hydrogen-bond acceptors (Lipinski definition) is 4. The number of aromatic nitrogens is 1. The predicted octanol–water partition coefficient (Wildman–Crippen LogP) is 3.22. The van der Waals surface area contributed by atoms with Crippen molar-refractivity contribution in [1.82, 2.24) is 10.1 Å². The predicted molar refractivity (Wildman–Crippen MR) is 102 cm³/mol. The second-order valence-corrected chi connectivity index (χ2v) is 7.09. The third-order valence-corrected chi connectivity index (χ3v) is 5.30. The summed E-state index contributed by atoms with van der Waals surface area (Å²) in [6.45, 7) is 2.37. The van der Waals surface area contributed by atoms with Gasteiger partial charge in [-0.2, -0.15) is 0 Å². The van der Waals surface area contributed by atoms with Gasteiger partial charge in [0.25, 0.3) is 5.91 Å². The van der Waals surface area contributed by atoms with Gasteiger partial charge in [-0.3, -0.25) is 9.59 Å². The highest BCUT2D eigenvalue weighted by Gasteiger charge is 2.32. The lowest BCUT2D eigenvalue weighted by atomic mass is 9.92. The average molecular weight is 363 g/mol. The number of fused-ring (bicyclic) bond motifs is 1. The van der Waals surface area contributed by atoms with Gasteiger partial charge in [0.05, 0.1) is 11.3 Å². The zero-order valence-electron chi connectivity index (χ0n) is 15.1. The van der Waals surface area contributed by atoms with E-state index in [1.807, 2.05) is 43.3 Å². The van der Waals surface area contributed by atoms with Gasteiger partial charge in [-0.05, 0) is 38.0 Å². The molecule has 2 N–H and O–H groups in total. The fraction of sp³-hybridized carbons (Fsp3) is 0.286. The molecule has 0 bridgehead atoms. The Morgan fingerprint density at radius 3 is 2.67 bits per heavy atom. The lowest BCUT2D eigenvalue weighted by Gasteiger charge is -2.37. The van der Waals surface area contributed by atoms with Crippen LogP contribution in [0.2, 0.25) is 0 Å². The van der Waals surface area contributed by atoms with Crippen LogP contribution >= 0.6 is 0 Å². The molecular formula is C21H21N3O3. The topological polar surface area (TPSA) is 89.4 Å². The van der Waals surface area contributed by atoms with E-state index in [1.165, 1.54) is 0 Å². The summed E-state index contributed by atoms with van der Waals surface area (Å²) in [5, 5.41) is 4.89. The van der Waals surface area contributed by atoms with Crippen LogP contribution < -0.4 is 5.73 Å². The van der Waals surface area contributed by atoms with Gasteiger partial charge in [-0.15, -0.1) is 0 Å². The van der Waals surface area contributed by atoms with E-state index < -0.39 is 0 Å². The minimum absolute atomic E-state index is 0.0693. The van der Waals surface area contributed by atoms with E-state index in [9.17, 15) is 9.59 Å². The molecule has 1 aliphatic rings. The van der Waals surface area contributed by atoms with Gasteiger partial charge in [-0.25, -0.2) is 0 Å². The molecule has 2 heterocycles. The molecule has 2 aromatic carbocycles. The van der Waals surface area contributed by atoms with E-state index in [1.54, 1.807) is 17.0 Å². The van der Waals surface area contributed by atoms with Crippen LogP contribution in [0.5, 0.6) is 0 Å². The first-order valence-corrected chi connectivity index (χ1v) is 9.09. The second kappa shape index (κ2) is 6.87. The number of amides is 2. The number of rotatable bonds is 3. The molecular weight excluding hydrogens is 342 g/mol. The van der Waals surface area contributed by atoms with Crippen LogP contribution in [0.1, 0.15) is 30.1 Å². The Kier molecular flexibility index (Phi) is 4.39. The Morgan fingerprint density at radius 1 is 1.15 bits per heavy atom. The lowest BCUT2D eigenvalue weighted by molar-refractivity contribution is -0.123. The molecule has 6 nitrogen and oxygen atoms in total. The lowest BCUT2D eigenvalue weighted by Crippen LogP contribution is -2.48. The molecule has 2 atom stereocenters. The van der Waals surface area contributed by atoms with E-state index in [-0.39, 0.29) is 23.8 Å². The Bertz CT molecular complexity index is 996. The molecule has 6 heteroatoms. The summed E-state index contributed by atoms with van der Waals surface area (Å²) in [6, 6.07) is 15.1.